The first-order valence-electron chi connectivity index (χ1n) is 6.60. The molecule has 0 saturated heterocycles. The number of hydrogen-bond donors (Lipinski definition) is 0. The van der Waals surface area contributed by atoms with Gasteiger partial charge in [-0.1, -0.05) is 48.5 Å². The van der Waals surface area contributed by atoms with Crippen LogP contribution >= 0.6 is 0 Å². The molecule has 0 N–H and O–H groups in total. The summed E-state index contributed by atoms with van der Waals surface area (Å²) in [5.41, 5.74) is 6.66. The zero-order valence-electron chi connectivity index (χ0n) is 10.6. The number of rotatable bonds is 1. The average molecular weight is 244 g/mol. The van der Waals surface area contributed by atoms with Gasteiger partial charge in [0.1, 0.15) is 0 Å². The van der Waals surface area contributed by atoms with Gasteiger partial charge in [0.2, 0.25) is 5.69 Å². The minimum Gasteiger partial charge on any atom is -0.164 e. The van der Waals surface area contributed by atoms with Gasteiger partial charge in [0.25, 0.3) is 0 Å². The molecule has 2 heterocycles. The number of fused-ring (bicyclic) bond motifs is 3. The zero-order chi connectivity index (χ0) is 12.7. The number of para-hydroxylation sites is 1. The lowest BCUT2D eigenvalue weighted by Gasteiger charge is -2.01. The van der Waals surface area contributed by atoms with Crippen LogP contribution < -0.4 is 4.57 Å². The Kier molecular flexibility index (Phi) is 2.25. The maximum absolute atomic E-state index is 2.30. The van der Waals surface area contributed by atoms with E-state index in [0.717, 1.165) is 6.42 Å². The van der Waals surface area contributed by atoms with Crippen molar-refractivity contribution < 1.29 is 4.57 Å². The normalized spacial score (nSPS) is 12.0. The zero-order valence-corrected chi connectivity index (χ0v) is 10.6. The third-order valence-corrected chi connectivity index (χ3v) is 3.76. The molecular formula is C18H14N+. The summed E-state index contributed by atoms with van der Waals surface area (Å²) in [5, 5.41) is 0. The molecule has 0 saturated carbocycles. The van der Waals surface area contributed by atoms with Crippen LogP contribution in [0.3, 0.4) is 0 Å². The predicted molar refractivity (Wildman–Crippen MR) is 76.2 cm³/mol. The van der Waals surface area contributed by atoms with E-state index in [1.54, 1.807) is 0 Å². The number of hydrogen-bond acceptors (Lipinski definition) is 0. The summed E-state index contributed by atoms with van der Waals surface area (Å²) >= 11 is 0. The van der Waals surface area contributed by atoms with Crippen molar-refractivity contribution in [3.63, 3.8) is 0 Å². The van der Waals surface area contributed by atoms with Crippen LogP contribution in [0.15, 0.2) is 72.9 Å². The molecule has 0 fully saturated rings. The van der Waals surface area contributed by atoms with E-state index in [9.17, 15) is 0 Å². The topological polar surface area (TPSA) is 3.88 Å². The average Bonchev–Trinajstić information content (AvgIpc) is 2.86. The van der Waals surface area contributed by atoms with Crippen molar-refractivity contribution in [2.45, 2.75) is 6.42 Å². The van der Waals surface area contributed by atoms with Crippen molar-refractivity contribution in [3.8, 4) is 16.8 Å². The van der Waals surface area contributed by atoms with Crippen LogP contribution in [0.4, 0.5) is 0 Å². The van der Waals surface area contributed by atoms with E-state index in [1.807, 2.05) is 0 Å². The van der Waals surface area contributed by atoms with Crippen molar-refractivity contribution in [1.29, 1.82) is 0 Å². The van der Waals surface area contributed by atoms with E-state index in [-0.39, 0.29) is 0 Å². The van der Waals surface area contributed by atoms with Crippen molar-refractivity contribution in [2.75, 3.05) is 0 Å². The van der Waals surface area contributed by atoms with Gasteiger partial charge in [0.05, 0.1) is 6.42 Å². The summed E-state index contributed by atoms with van der Waals surface area (Å²) in [6, 6.07) is 23.7. The maximum Gasteiger partial charge on any atom is 0.214 e. The second-order valence-corrected chi connectivity index (χ2v) is 4.95. The maximum atomic E-state index is 2.30. The lowest BCUT2D eigenvalue weighted by atomic mass is 10.1. The van der Waals surface area contributed by atoms with Crippen LogP contribution in [0.25, 0.3) is 16.8 Å². The number of nitrogens with zero attached hydrogens (tertiary/aromatic N) is 1. The lowest BCUT2D eigenvalue weighted by Crippen LogP contribution is -2.30. The lowest BCUT2D eigenvalue weighted by molar-refractivity contribution is -0.597. The van der Waals surface area contributed by atoms with Gasteiger partial charge >= 0.3 is 0 Å². The summed E-state index contributed by atoms with van der Waals surface area (Å²) < 4.78 is 2.29. The number of benzene rings is 2. The smallest absolute Gasteiger partial charge is 0.164 e. The molecule has 1 nitrogen and oxygen atoms in total. The van der Waals surface area contributed by atoms with Gasteiger partial charge in [-0.05, 0) is 11.1 Å². The fourth-order valence-electron chi connectivity index (χ4n) is 2.82. The molecule has 1 heteroatoms. The molecule has 0 bridgehead atoms. The fourth-order valence-corrected chi connectivity index (χ4v) is 2.82. The highest BCUT2D eigenvalue weighted by Crippen LogP contribution is 2.24. The van der Waals surface area contributed by atoms with Gasteiger partial charge < -0.3 is 0 Å². The highest BCUT2D eigenvalue weighted by atomic mass is 15.0. The molecule has 90 valence electrons. The highest BCUT2D eigenvalue weighted by molar-refractivity contribution is 5.63. The van der Waals surface area contributed by atoms with Crippen LogP contribution in [-0.2, 0) is 6.42 Å². The first-order chi connectivity index (χ1) is 9.42. The molecule has 3 aromatic rings. The second-order valence-electron chi connectivity index (χ2n) is 4.95. The Morgan fingerprint density at radius 3 is 2.42 bits per heavy atom. The molecule has 0 unspecified atom stereocenters. The molecule has 0 spiro atoms. The Hall–Kier alpha value is -2.41. The van der Waals surface area contributed by atoms with Gasteiger partial charge in [0, 0.05) is 23.8 Å². The van der Waals surface area contributed by atoms with Gasteiger partial charge in [0.15, 0.2) is 11.9 Å². The molecule has 1 aliphatic rings. The molecule has 2 aromatic carbocycles. The monoisotopic (exact) mass is 244 g/mol. The van der Waals surface area contributed by atoms with E-state index in [4.69, 9.17) is 0 Å². The van der Waals surface area contributed by atoms with Gasteiger partial charge in [-0.3, -0.25) is 0 Å². The predicted octanol–water partition coefficient (Wildman–Crippen LogP) is 3.53. The summed E-state index contributed by atoms with van der Waals surface area (Å²) in [4.78, 5) is 0. The molecule has 0 atom stereocenters. The molecule has 0 amide bonds. The summed E-state index contributed by atoms with van der Waals surface area (Å²) in [5.74, 6) is 0. The van der Waals surface area contributed by atoms with Crippen LogP contribution in [0.5, 0.6) is 0 Å². The Labute approximate surface area is 112 Å². The van der Waals surface area contributed by atoms with Crippen molar-refractivity contribution in [1.82, 2.24) is 0 Å². The van der Waals surface area contributed by atoms with Crippen LogP contribution in [-0.4, -0.2) is 0 Å². The summed E-state index contributed by atoms with van der Waals surface area (Å²) in [7, 11) is 0. The van der Waals surface area contributed by atoms with Gasteiger partial charge in [-0.15, -0.1) is 0 Å². The Morgan fingerprint density at radius 1 is 0.737 bits per heavy atom. The van der Waals surface area contributed by atoms with Crippen LogP contribution in [0.2, 0.25) is 0 Å². The summed E-state index contributed by atoms with van der Waals surface area (Å²) in [6.45, 7) is 0. The number of aromatic nitrogens is 1. The van der Waals surface area contributed by atoms with E-state index in [1.165, 1.54) is 28.1 Å². The molecular weight excluding hydrogens is 230 g/mol. The van der Waals surface area contributed by atoms with Crippen molar-refractivity contribution in [2.24, 2.45) is 0 Å². The van der Waals surface area contributed by atoms with E-state index in [0.29, 0.717) is 0 Å². The van der Waals surface area contributed by atoms with Crippen LogP contribution in [0.1, 0.15) is 11.3 Å². The van der Waals surface area contributed by atoms with Crippen molar-refractivity contribution in [3.05, 3.63) is 84.2 Å². The Morgan fingerprint density at radius 2 is 1.53 bits per heavy atom. The van der Waals surface area contributed by atoms with Crippen molar-refractivity contribution >= 4 is 0 Å². The number of pyridine rings is 1. The highest BCUT2D eigenvalue weighted by Gasteiger charge is 2.26. The van der Waals surface area contributed by atoms with Gasteiger partial charge in [-0.2, -0.15) is 4.57 Å². The minimum atomic E-state index is 1.02. The Balaban J connectivity index is 1.84. The summed E-state index contributed by atoms with van der Waals surface area (Å²) in [6.07, 6.45) is 3.21. The van der Waals surface area contributed by atoms with E-state index >= 15 is 0 Å². The SMILES string of the molecule is c1ccc(-c2cc[n+]3c(c2)Cc2ccccc2-3)cc1. The molecule has 0 radical (unpaired) electrons. The third-order valence-electron chi connectivity index (χ3n) is 3.76. The standard InChI is InChI=1S/C18H14N/c1-2-6-14(7-3-1)15-10-11-19-17(12-15)13-16-8-4-5-9-18(16)19/h1-12H,13H2/q+1. The molecule has 0 aliphatic carbocycles. The fraction of sp³-hybridized carbons (Fsp3) is 0.0556. The van der Waals surface area contributed by atoms with E-state index in [2.05, 4.69) is 77.5 Å². The molecule has 1 aromatic heterocycles. The van der Waals surface area contributed by atoms with Crippen LogP contribution in [0, 0.1) is 0 Å². The quantitative estimate of drug-likeness (QED) is 0.451. The first kappa shape index (κ1) is 10.5. The molecule has 4 rings (SSSR count). The molecule has 1 aliphatic heterocycles. The second kappa shape index (κ2) is 4.06. The largest absolute Gasteiger partial charge is 0.214 e. The molecule has 19 heavy (non-hydrogen) atoms. The van der Waals surface area contributed by atoms with E-state index < -0.39 is 0 Å². The Bertz CT molecular complexity index is 745. The minimum absolute atomic E-state index is 1.02. The third kappa shape index (κ3) is 1.66. The van der Waals surface area contributed by atoms with Gasteiger partial charge in [-0.25, -0.2) is 0 Å². The first-order valence-corrected chi connectivity index (χ1v) is 6.60.